The fourth-order valence-electron chi connectivity index (χ4n) is 2.61. The van der Waals surface area contributed by atoms with E-state index in [-0.39, 0.29) is 0 Å². The zero-order valence-corrected chi connectivity index (χ0v) is 14.0. The molecule has 124 valence electrons. The zero-order chi connectivity index (χ0) is 15.6. The lowest BCUT2D eigenvalue weighted by atomic mass is 10.1. The Labute approximate surface area is 131 Å². The third-order valence-electron chi connectivity index (χ3n) is 3.96. The van der Waals surface area contributed by atoms with Gasteiger partial charge in [-0.15, -0.1) is 0 Å². The molecule has 0 aromatic heterocycles. The Balaban J connectivity index is 3.48. The van der Waals surface area contributed by atoms with Crippen molar-refractivity contribution in [2.24, 2.45) is 0 Å². The Hall–Kier alpha value is -0.700. The Morgan fingerprint density at radius 3 is 1.71 bits per heavy atom. The molecule has 0 saturated heterocycles. The van der Waals surface area contributed by atoms with Gasteiger partial charge in [0.25, 0.3) is 0 Å². The van der Waals surface area contributed by atoms with Gasteiger partial charge in [-0.3, -0.25) is 4.90 Å². The fourth-order valence-corrected chi connectivity index (χ4v) is 2.61. The van der Waals surface area contributed by atoms with E-state index >= 15 is 0 Å². The molecule has 0 aliphatic carbocycles. The van der Waals surface area contributed by atoms with Crippen molar-refractivity contribution in [2.75, 3.05) is 19.6 Å². The minimum absolute atomic E-state index is 0.574. The number of carbonyl (C=O) groups excluding carboxylic acids is 2. The molecule has 3 nitrogen and oxygen atoms in total. The van der Waals surface area contributed by atoms with Crippen LogP contribution >= 0.6 is 0 Å². The third-order valence-corrected chi connectivity index (χ3v) is 3.96. The van der Waals surface area contributed by atoms with Crippen molar-refractivity contribution in [3.8, 4) is 0 Å². The van der Waals surface area contributed by atoms with Gasteiger partial charge in [-0.2, -0.15) is 0 Å². The van der Waals surface area contributed by atoms with E-state index in [2.05, 4.69) is 11.8 Å². The van der Waals surface area contributed by atoms with Gasteiger partial charge in [0.2, 0.25) is 0 Å². The number of hydrogen-bond donors (Lipinski definition) is 0. The normalized spacial score (nSPS) is 11.0. The molecule has 0 saturated carbocycles. The molecule has 0 rings (SSSR count). The van der Waals surface area contributed by atoms with E-state index in [1.165, 1.54) is 51.4 Å². The summed E-state index contributed by atoms with van der Waals surface area (Å²) in [5, 5.41) is 0. The summed E-state index contributed by atoms with van der Waals surface area (Å²) in [7, 11) is 0. The van der Waals surface area contributed by atoms with E-state index in [1.54, 1.807) is 0 Å². The van der Waals surface area contributed by atoms with Crippen LogP contribution < -0.4 is 0 Å². The molecule has 0 aliphatic heterocycles. The molecular weight excluding hydrogens is 262 g/mol. The van der Waals surface area contributed by atoms with Crippen molar-refractivity contribution >= 4 is 12.6 Å². The SMILES string of the molecule is CCCCCCCCCN(CC=O)CCCCCCC=O. The van der Waals surface area contributed by atoms with Gasteiger partial charge in [0.1, 0.15) is 12.6 Å². The quantitative estimate of drug-likeness (QED) is 0.295. The first-order valence-electron chi connectivity index (χ1n) is 8.94. The van der Waals surface area contributed by atoms with E-state index < -0.39 is 0 Å². The summed E-state index contributed by atoms with van der Waals surface area (Å²) in [5.74, 6) is 0. The summed E-state index contributed by atoms with van der Waals surface area (Å²) in [5.41, 5.74) is 0. The molecule has 3 heteroatoms. The molecule has 0 aliphatic rings. The number of aldehydes is 2. The second-order valence-corrected chi connectivity index (χ2v) is 5.96. The summed E-state index contributed by atoms with van der Waals surface area (Å²) in [6.07, 6.45) is 16.4. The summed E-state index contributed by atoms with van der Waals surface area (Å²) in [6.45, 7) is 4.90. The molecule has 0 heterocycles. The van der Waals surface area contributed by atoms with E-state index in [0.29, 0.717) is 13.0 Å². The monoisotopic (exact) mass is 297 g/mol. The molecule has 0 amide bonds. The molecule has 0 spiro atoms. The topological polar surface area (TPSA) is 37.4 Å². The minimum Gasteiger partial charge on any atom is -0.303 e. The van der Waals surface area contributed by atoms with Crippen molar-refractivity contribution in [3.05, 3.63) is 0 Å². The van der Waals surface area contributed by atoms with Crippen LogP contribution in [0.5, 0.6) is 0 Å². The Morgan fingerprint density at radius 1 is 0.667 bits per heavy atom. The van der Waals surface area contributed by atoms with Crippen LogP contribution in [0.4, 0.5) is 0 Å². The molecule has 0 radical (unpaired) electrons. The Kier molecular flexibility index (Phi) is 16.8. The summed E-state index contributed by atoms with van der Waals surface area (Å²) in [4.78, 5) is 23.2. The highest BCUT2D eigenvalue weighted by molar-refractivity contribution is 5.51. The predicted octanol–water partition coefficient (Wildman–Crippen LogP) is 4.39. The van der Waals surface area contributed by atoms with E-state index in [9.17, 15) is 9.59 Å². The smallest absolute Gasteiger partial charge is 0.133 e. The first kappa shape index (κ1) is 20.3. The Morgan fingerprint density at radius 2 is 1.19 bits per heavy atom. The van der Waals surface area contributed by atoms with E-state index in [1.807, 2.05) is 0 Å². The largest absolute Gasteiger partial charge is 0.303 e. The van der Waals surface area contributed by atoms with Crippen LogP contribution in [0.15, 0.2) is 0 Å². The van der Waals surface area contributed by atoms with Crippen LogP contribution in [-0.4, -0.2) is 37.1 Å². The van der Waals surface area contributed by atoms with Crippen LogP contribution in [0.3, 0.4) is 0 Å². The zero-order valence-electron chi connectivity index (χ0n) is 14.0. The third kappa shape index (κ3) is 15.5. The number of unbranched alkanes of at least 4 members (excludes halogenated alkanes) is 10. The minimum atomic E-state index is 0.574. The molecule has 0 unspecified atom stereocenters. The first-order chi connectivity index (χ1) is 10.3. The molecular formula is C18H35NO2. The van der Waals surface area contributed by atoms with Crippen molar-refractivity contribution in [3.63, 3.8) is 0 Å². The van der Waals surface area contributed by atoms with Gasteiger partial charge in [0, 0.05) is 6.42 Å². The lowest BCUT2D eigenvalue weighted by Gasteiger charge is -2.19. The average molecular weight is 297 g/mol. The van der Waals surface area contributed by atoms with Crippen LogP contribution in [0.25, 0.3) is 0 Å². The second kappa shape index (κ2) is 17.4. The fraction of sp³-hybridized carbons (Fsp3) is 0.889. The number of nitrogens with zero attached hydrogens (tertiary/aromatic N) is 1. The van der Waals surface area contributed by atoms with Crippen molar-refractivity contribution in [2.45, 2.75) is 84.0 Å². The maximum atomic E-state index is 10.7. The van der Waals surface area contributed by atoms with Gasteiger partial charge >= 0.3 is 0 Å². The van der Waals surface area contributed by atoms with Gasteiger partial charge in [0.15, 0.2) is 0 Å². The molecule has 0 aromatic rings. The van der Waals surface area contributed by atoms with Crippen molar-refractivity contribution in [1.29, 1.82) is 0 Å². The standard InChI is InChI=1S/C18H35NO2/c1-2-3-4-5-6-8-11-14-19(16-18-21)15-12-9-7-10-13-17-20/h17-18H,2-16H2,1H3. The van der Waals surface area contributed by atoms with Gasteiger partial charge in [-0.25, -0.2) is 0 Å². The highest BCUT2D eigenvalue weighted by Crippen LogP contribution is 2.08. The Bertz CT molecular complexity index is 231. The van der Waals surface area contributed by atoms with Crippen molar-refractivity contribution < 1.29 is 9.59 Å². The number of hydrogen-bond acceptors (Lipinski definition) is 3. The van der Waals surface area contributed by atoms with Gasteiger partial charge in [-0.1, -0.05) is 58.3 Å². The highest BCUT2D eigenvalue weighted by Gasteiger charge is 2.03. The van der Waals surface area contributed by atoms with Crippen LogP contribution in [0, 0.1) is 0 Å². The lowest BCUT2D eigenvalue weighted by molar-refractivity contribution is -0.109. The van der Waals surface area contributed by atoms with E-state index in [0.717, 1.165) is 44.9 Å². The first-order valence-corrected chi connectivity index (χ1v) is 8.94. The van der Waals surface area contributed by atoms with E-state index in [4.69, 9.17) is 0 Å². The molecule has 21 heavy (non-hydrogen) atoms. The average Bonchev–Trinajstić information content (AvgIpc) is 2.49. The summed E-state index contributed by atoms with van der Waals surface area (Å²) < 4.78 is 0. The maximum Gasteiger partial charge on any atom is 0.133 e. The highest BCUT2D eigenvalue weighted by atomic mass is 16.1. The van der Waals surface area contributed by atoms with Crippen molar-refractivity contribution in [1.82, 2.24) is 4.90 Å². The lowest BCUT2D eigenvalue weighted by Crippen LogP contribution is -2.28. The van der Waals surface area contributed by atoms with Crippen LogP contribution in [-0.2, 0) is 9.59 Å². The molecule has 0 N–H and O–H groups in total. The maximum absolute atomic E-state index is 10.7. The predicted molar refractivity (Wildman–Crippen MR) is 89.6 cm³/mol. The molecule has 0 bridgehead atoms. The second-order valence-electron chi connectivity index (χ2n) is 5.96. The van der Waals surface area contributed by atoms with Crippen LogP contribution in [0.2, 0.25) is 0 Å². The summed E-state index contributed by atoms with van der Waals surface area (Å²) >= 11 is 0. The van der Waals surface area contributed by atoms with Gasteiger partial charge < -0.3 is 9.59 Å². The van der Waals surface area contributed by atoms with Crippen LogP contribution in [0.1, 0.15) is 84.0 Å². The van der Waals surface area contributed by atoms with Gasteiger partial charge in [-0.05, 0) is 32.4 Å². The molecule has 0 aromatic carbocycles. The number of rotatable bonds is 17. The molecule has 0 atom stereocenters. The molecule has 0 fully saturated rings. The summed E-state index contributed by atoms with van der Waals surface area (Å²) in [6, 6.07) is 0. The van der Waals surface area contributed by atoms with Gasteiger partial charge in [0.05, 0.1) is 6.54 Å². The number of carbonyl (C=O) groups is 2.